The summed E-state index contributed by atoms with van der Waals surface area (Å²) in [5.74, 6) is 0.962. The van der Waals surface area contributed by atoms with Crippen LogP contribution >= 0.6 is 23.4 Å². The number of halogens is 1. The third-order valence-corrected chi connectivity index (χ3v) is 7.84. The second-order valence-electron chi connectivity index (χ2n) is 7.25. The highest BCUT2D eigenvalue weighted by molar-refractivity contribution is 7.99. The van der Waals surface area contributed by atoms with Crippen LogP contribution in [0, 0.1) is 11.3 Å². The summed E-state index contributed by atoms with van der Waals surface area (Å²) in [4.78, 5) is 0.762. The van der Waals surface area contributed by atoms with Crippen LogP contribution in [0.4, 0.5) is 0 Å². The van der Waals surface area contributed by atoms with Gasteiger partial charge >= 0.3 is 0 Å². The quantitative estimate of drug-likeness (QED) is 0.208. The zero-order valence-electron chi connectivity index (χ0n) is 18.2. The van der Waals surface area contributed by atoms with Crippen molar-refractivity contribution in [2.75, 3.05) is 5.75 Å². The molecule has 4 rings (SSSR count). The van der Waals surface area contributed by atoms with E-state index < -0.39 is 9.84 Å². The Bertz CT molecular complexity index is 1470. The highest BCUT2D eigenvalue weighted by Crippen LogP contribution is 2.30. The molecule has 0 radical (unpaired) electrons. The van der Waals surface area contributed by atoms with E-state index in [9.17, 15) is 13.7 Å². The lowest BCUT2D eigenvalue weighted by molar-refractivity contribution is 0.603. The first-order valence-electron chi connectivity index (χ1n) is 10.4. The number of hydrogen-bond donors (Lipinski definition) is 0. The molecule has 0 amide bonds. The third-order valence-electron chi connectivity index (χ3n) is 5.01. The molecule has 0 aliphatic heterocycles. The van der Waals surface area contributed by atoms with Gasteiger partial charge in [-0.15, -0.1) is 11.8 Å². The van der Waals surface area contributed by atoms with Crippen molar-refractivity contribution in [3.63, 3.8) is 0 Å². The van der Waals surface area contributed by atoms with Gasteiger partial charge in [-0.3, -0.25) is 0 Å². The lowest BCUT2D eigenvalue weighted by Crippen LogP contribution is -2.03. The van der Waals surface area contributed by atoms with Crippen LogP contribution < -0.4 is 0 Å². The third kappa shape index (κ3) is 5.10. The predicted molar refractivity (Wildman–Crippen MR) is 138 cm³/mol. The molecule has 8 heteroatoms. The molecule has 0 bridgehead atoms. The topological polar surface area (TPSA) is 75.8 Å². The van der Waals surface area contributed by atoms with Crippen molar-refractivity contribution < 1.29 is 8.42 Å². The number of para-hydroxylation sites is 1. The molecule has 0 atom stereocenters. The Balaban J connectivity index is 1.85. The number of hydrogen-bond acceptors (Lipinski definition) is 5. The molecule has 0 saturated carbocycles. The van der Waals surface area contributed by atoms with Gasteiger partial charge < -0.3 is 0 Å². The van der Waals surface area contributed by atoms with Crippen LogP contribution in [0.2, 0.25) is 5.02 Å². The summed E-state index contributed by atoms with van der Waals surface area (Å²) < 4.78 is 28.0. The van der Waals surface area contributed by atoms with Gasteiger partial charge in [0.25, 0.3) is 0 Å². The summed E-state index contributed by atoms with van der Waals surface area (Å²) in [6.07, 6.45) is 3.11. The minimum atomic E-state index is -4.03. The zero-order chi connectivity index (χ0) is 24.1. The predicted octanol–water partition coefficient (Wildman–Crippen LogP) is 6.64. The van der Waals surface area contributed by atoms with Crippen LogP contribution in [0.15, 0.2) is 99.8 Å². The van der Waals surface area contributed by atoms with E-state index in [-0.39, 0.29) is 9.80 Å². The molecule has 0 spiro atoms. The van der Waals surface area contributed by atoms with Gasteiger partial charge in [0.05, 0.1) is 10.6 Å². The minimum Gasteiger partial charge on any atom is -0.240 e. The second kappa shape index (κ2) is 10.3. The van der Waals surface area contributed by atoms with E-state index in [1.807, 2.05) is 60.7 Å². The number of sulfone groups is 1. The van der Waals surface area contributed by atoms with Crippen LogP contribution in [0.5, 0.6) is 0 Å². The Hall–Kier alpha value is -3.31. The van der Waals surface area contributed by atoms with Gasteiger partial charge in [0, 0.05) is 27.2 Å². The molecule has 34 heavy (non-hydrogen) atoms. The van der Waals surface area contributed by atoms with Crippen molar-refractivity contribution in [3.8, 4) is 23.0 Å². The van der Waals surface area contributed by atoms with Crippen LogP contribution in [0.1, 0.15) is 12.5 Å². The van der Waals surface area contributed by atoms with Gasteiger partial charge in [0.1, 0.15) is 16.7 Å². The number of allylic oxidation sites excluding steroid dienone is 1. The number of rotatable bonds is 7. The maximum Gasteiger partial charge on any atom is 0.216 e. The molecule has 0 N–H and O–H groups in total. The number of benzene rings is 3. The summed E-state index contributed by atoms with van der Waals surface area (Å²) in [7, 11) is -4.03. The summed E-state index contributed by atoms with van der Waals surface area (Å²) in [6.45, 7) is 2.09. The fraction of sp³-hybridized carbons (Fsp3) is 0.0769. The first kappa shape index (κ1) is 23.8. The van der Waals surface area contributed by atoms with E-state index in [0.29, 0.717) is 16.3 Å². The molecule has 0 aliphatic rings. The maximum atomic E-state index is 13.2. The molecule has 5 nitrogen and oxygen atoms in total. The fourth-order valence-corrected chi connectivity index (χ4v) is 5.30. The van der Waals surface area contributed by atoms with E-state index in [4.69, 9.17) is 16.7 Å². The molecule has 0 aliphatic carbocycles. The van der Waals surface area contributed by atoms with Crippen LogP contribution in [0.25, 0.3) is 23.0 Å². The fourth-order valence-electron chi connectivity index (χ4n) is 3.36. The number of thioether (sulfide) groups is 1. The van der Waals surface area contributed by atoms with E-state index in [2.05, 4.69) is 6.92 Å². The standard InChI is InChI=1S/C26H20ClN3O2S2/c1-2-33-23-12-8-19(9-13-23)26-20(18-30(29-26)22-6-4-3-5-7-22)16-25(17-28)34(31,32)24-14-10-21(27)11-15-24/h3-16,18H,2H2,1H3. The van der Waals surface area contributed by atoms with E-state index in [1.54, 1.807) is 22.6 Å². The van der Waals surface area contributed by atoms with E-state index in [0.717, 1.165) is 21.9 Å². The first-order chi connectivity index (χ1) is 16.4. The van der Waals surface area contributed by atoms with Crippen molar-refractivity contribution in [1.29, 1.82) is 5.26 Å². The van der Waals surface area contributed by atoms with Crippen molar-refractivity contribution in [2.24, 2.45) is 0 Å². The number of nitrogens with zero attached hydrogens (tertiary/aromatic N) is 3. The Labute approximate surface area is 208 Å². The average Bonchev–Trinajstić information content (AvgIpc) is 3.28. The Morgan fingerprint density at radius 2 is 1.74 bits per heavy atom. The molecule has 0 saturated heterocycles. The van der Waals surface area contributed by atoms with Gasteiger partial charge in [-0.1, -0.05) is 48.9 Å². The van der Waals surface area contributed by atoms with Gasteiger partial charge in [-0.25, -0.2) is 13.1 Å². The van der Waals surface area contributed by atoms with Crippen molar-refractivity contribution in [3.05, 3.63) is 101 Å². The summed E-state index contributed by atoms with van der Waals surface area (Å²) in [5.41, 5.74) is 2.74. The highest BCUT2D eigenvalue weighted by Gasteiger charge is 2.22. The highest BCUT2D eigenvalue weighted by atomic mass is 35.5. The maximum absolute atomic E-state index is 13.2. The largest absolute Gasteiger partial charge is 0.240 e. The number of nitriles is 1. The molecule has 1 aromatic heterocycles. The minimum absolute atomic E-state index is 0.00245. The summed E-state index contributed by atoms with van der Waals surface area (Å²) in [5, 5.41) is 14.9. The molecular formula is C26H20ClN3O2S2. The van der Waals surface area contributed by atoms with Crippen LogP contribution in [-0.2, 0) is 9.84 Å². The van der Waals surface area contributed by atoms with Gasteiger partial charge in [-0.05, 0) is 60.4 Å². The molecular weight excluding hydrogens is 486 g/mol. The van der Waals surface area contributed by atoms with Crippen LogP contribution in [-0.4, -0.2) is 24.0 Å². The zero-order valence-corrected chi connectivity index (χ0v) is 20.6. The van der Waals surface area contributed by atoms with E-state index >= 15 is 0 Å². The smallest absolute Gasteiger partial charge is 0.216 e. The van der Waals surface area contributed by atoms with Gasteiger partial charge in [0.2, 0.25) is 9.84 Å². The summed E-state index contributed by atoms with van der Waals surface area (Å²) in [6, 6.07) is 25.0. The van der Waals surface area contributed by atoms with E-state index in [1.165, 1.54) is 30.3 Å². The lowest BCUT2D eigenvalue weighted by atomic mass is 10.1. The Kier molecular flexibility index (Phi) is 7.23. The van der Waals surface area contributed by atoms with Gasteiger partial charge in [-0.2, -0.15) is 10.4 Å². The first-order valence-corrected chi connectivity index (χ1v) is 13.3. The molecule has 3 aromatic carbocycles. The molecule has 0 fully saturated rings. The molecule has 1 heterocycles. The Morgan fingerprint density at radius 1 is 1.06 bits per heavy atom. The van der Waals surface area contributed by atoms with Crippen molar-refractivity contribution in [1.82, 2.24) is 9.78 Å². The van der Waals surface area contributed by atoms with Crippen molar-refractivity contribution in [2.45, 2.75) is 16.7 Å². The van der Waals surface area contributed by atoms with Crippen LogP contribution in [0.3, 0.4) is 0 Å². The van der Waals surface area contributed by atoms with Gasteiger partial charge in [0.15, 0.2) is 0 Å². The summed E-state index contributed by atoms with van der Waals surface area (Å²) >= 11 is 7.63. The second-order valence-corrected chi connectivity index (χ2v) is 10.9. The monoisotopic (exact) mass is 505 g/mol. The molecule has 170 valence electrons. The lowest BCUT2D eigenvalue weighted by Gasteiger charge is -2.04. The average molecular weight is 506 g/mol. The molecule has 4 aromatic rings. The SMILES string of the molecule is CCSc1ccc(-c2nn(-c3ccccc3)cc2C=C(C#N)S(=O)(=O)c2ccc(Cl)cc2)cc1. The number of aromatic nitrogens is 2. The Morgan fingerprint density at radius 3 is 2.35 bits per heavy atom. The van der Waals surface area contributed by atoms with Crippen molar-refractivity contribution >= 4 is 39.3 Å². The molecule has 0 unspecified atom stereocenters. The normalized spacial score (nSPS) is 11.9.